The lowest BCUT2D eigenvalue weighted by molar-refractivity contribution is -0.139. The summed E-state index contributed by atoms with van der Waals surface area (Å²) >= 11 is 0. The van der Waals surface area contributed by atoms with E-state index in [1.54, 1.807) is 6.92 Å². The second-order valence-electron chi connectivity index (χ2n) is 4.60. The SMILES string of the molecule is C[C@@H](NCC1CCCN(S(C)(=O)=O)C1)C(=O)O. The molecule has 17 heavy (non-hydrogen) atoms. The first kappa shape index (κ1) is 14.4. The molecular formula is C10H20N2O4S. The molecule has 0 radical (unpaired) electrons. The van der Waals surface area contributed by atoms with Gasteiger partial charge in [0.25, 0.3) is 0 Å². The van der Waals surface area contributed by atoms with Gasteiger partial charge in [-0.25, -0.2) is 12.7 Å². The number of carboxylic acids is 1. The smallest absolute Gasteiger partial charge is 0.320 e. The van der Waals surface area contributed by atoms with E-state index >= 15 is 0 Å². The Morgan fingerprint density at radius 3 is 2.76 bits per heavy atom. The first-order valence-corrected chi connectivity index (χ1v) is 7.57. The Balaban J connectivity index is 2.43. The minimum Gasteiger partial charge on any atom is -0.480 e. The molecule has 0 bridgehead atoms. The Morgan fingerprint density at radius 2 is 2.24 bits per heavy atom. The second kappa shape index (κ2) is 5.79. The molecule has 1 unspecified atom stereocenters. The second-order valence-corrected chi connectivity index (χ2v) is 6.58. The molecule has 0 spiro atoms. The van der Waals surface area contributed by atoms with E-state index < -0.39 is 22.0 Å². The predicted octanol–water partition coefficient (Wildman–Crippen LogP) is -0.279. The van der Waals surface area contributed by atoms with Crippen molar-refractivity contribution in [2.45, 2.75) is 25.8 Å². The fourth-order valence-corrected chi connectivity index (χ4v) is 2.87. The van der Waals surface area contributed by atoms with Gasteiger partial charge in [0.2, 0.25) is 10.0 Å². The number of carbonyl (C=O) groups is 1. The molecule has 1 rings (SSSR count). The van der Waals surface area contributed by atoms with Crippen LogP contribution in [0.2, 0.25) is 0 Å². The van der Waals surface area contributed by atoms with Crippen LogP contribution in [0.25, 0.3) is 0 Å². The molecule has 2 atom stereocenters. The molecule has 0 aliphatic carbocycles. The molecule has 1 saturated heterocycles. The maximum atomic E-state index is 11.4. The summed E-state index contributed by atoms with van der Waals surface area (Å²) in [6.07, 6.45) is 2.98. The molecule has 0 saturated carbocycles. The van der Waals surface area contributed by atoms with Crippen molar-refractivity contribution in [3.05, 3.63) is 0 Å². The summed E-state index contributed by atoms with van der Waals surface area (Å²) in [5, 5.41) is 11.6. The van der Waals surface area contributed by atoms with E-state index in [2.05, 4.69) is 5.32 Å². The largest absolute Gasteiger partial charge is 0.480 e. The minimum absolute atomic E-state index is 0.195. The number of nitrogens with one attached hydrogen (secondary N) is 1. The van der Waals surface area contributed by atoms with Crippen LogP contribution in [0.1, 0.15) is 19.8 Å². The third-order valence-electron chi connectivity index (χ3n) is 3.03. The van der Waals surface area contributed by atoms with E-state index in [1.165, 1.54) is 10.6 Å². The Hall–Kier alpha value is -0.660. The average molecular weight is 264 g/mol. The fourth-order valence-electron chi connectivity index (χ4n) is 1.93. The van der Waals surface area contributed by atoms with Crippen molar-refractivity contribution in [3.8, 4) is 0 Å². The normalized spacial score (nSPS) is 24.5. The van der Waals surface area contributed by atoms with E-state index in [0.29, 0.717) is 19.6 Å². The molecule has 1 aliphatic rings. The molecule has 2 N–H and O–H groups in total. The first-order valence-electron chi connectivity index (χ1n) is 5.72. The van der Waals surface area contributed by atoms with Gasteiger partial charge in [-0.1, -0.05) is 0 Å². The Kier molecular flexibility index (Phi) is 4.91. The van der Waals surface area contributed by atoms with E-state index in [-0.39, 0.29) is 5.92 Å². The maximum Gasteiger partial charge on any atom is 0.320 e. The van der Waals surface area contributed by atoms with Gasteiger partial charge < -0.3 is 10.4 Å². The van der Waals surface area contributed by atoms with Crippen molar-refractivity contribution in [2.75, 3.05) is 25.9 Å². The van der Waals surface area contributed by atoms with Gasteiger partial charge in [-0.3, -0.25) is 4.79 Å². The third kappa shape index (κ3) is 4.61. The van der Waals surface area contributed by atoms with Crippen LogP contribution in [0.5, 0.6) is 0 Å². The van der Waals surface area contributed by atoms with Crippen LogP contribution in [-0.2, 0) is 14.8 Å². The van der Waals surface area contributed by atoms with Gasteiger partial charge in [0.05, 0.1) is 6.26 Å². The summed E-state index contributed by atoms with van der Waals surface area (Å²) in [5.41, 5.74) is 0. The van der Waals surface area contributed by atoms with Crippen molar-refractivity contribution in [1.82, 2.24) is 9.62 Å². The number of hydrogen-bond donors (Lipinski definition) is 2. The molecule has 0 aromatic heterocycles. The molecule has 6 nitrogen and oxygen atoms in total. The summed E-state index contributed by atoms with van der Waals surface area (Å²) in [6.45, 7) is 3.18. The quantitative estimate of drug-likeness (QED) is 0.713. The Labute approximate surface area is 102 Å². The maximum absolute atomic E-state index is 11.4. The van der Waals surface area contributed by atoms with Gasteiger partial charge in [0.15, 0.2) is 0 Å². The van der Waals surface area contributed by atoms with Gasteiger partial charge in [-0.15, -0.1) is 0 Å². The van der Waals surface area contributed by atoms with Crippen molar-refractivity contribution in [2.24, 2.45) is 5.92 Å². The lowest BCUT2D eigenvalue weighted by Crippen LogP contribution is -2.44. The van der Waals surface area contributed by atoms with E-state index in [4.69, 9.17) is 5.11 Å². The number of rotatable bonds is 5. The number of nitrogens with zero attached hydrogens (tertiary/aromatic N) is 1. The summed E-state index contributed by atoms with van der Waals surface area (Å²) in [5.74, 6) is -0.693. The number of carboxylic acid groups (broad SMARTS) is 1. The highest BCUT2D eigenvalue weighted by molar-refractivity contribution is 7.88. The highest BCUT2D eigenvalue weighted by Gasteiger charge is 2.26. The number of hydrogen-bond acceptors (Lipinski definition) is 4. The number of sulfonamides is 1. The molecule has 1 aliphatic heterocycles. The molecule has 1 fully saturated rings. The molecular weight excluding hydrogens is 244 g/mol. The van der Waals surface area contributed by atoms with Crippen LogP contribution < -0.4 is 5.32 Å². The van der Waals surface area contributed by atoms with Crippen LogP contribution in [-0.4, -0.2) is 55.7 Å². The summed E-state index contributed by atoms with van der Waals surface area (Å²) in [7, 11) is -3.12. The molecule has 7 heteroatoms. The highest BCUT2D eigenvalue weighted by Crippen LogP contribution is 2.17. The summed E-state index contributed by atoms with van der Waals surface area (Å²) in [6, 6.07) is -0.594. The zero-order chi connectivity index (χ0) is 13.1. The molecule has 0 aromatic carbocycles. The fraction of sp³-hybridized carbons (Fsp3) is 0.900. The van der Waals surface area contributed by atoms with Crippen molar-refractivity contribution in [3.63, 3.8) is 0 Å². The minimum atomic E-state index is -3.12. The van der Waals surface area contributed by atoms with E-state index in [0.717, 1.165) is 12.8 Å². The van der Waals surface area contributed by atoms with Crippen LogP contribution >= 0.6 is 0 Å². The van der Waals surface area contributed by atoms with Crippen molar-refractivity contribution in [1.29, 1.82) is 0 Å². The molecule has 100 valence electrons. The van der Waals surface area contributed by atoms with Gasteiger partial charge in [0.1, 0.15) is 6.04 Å². The zero-order valence-corrected chi connectivity index (χ0v) is 11.0. The predicted molar refractivity (Wildman–Crippen MR) is 64.2 cm³/mol. The van der Waals surface area contributed by atoms with Crippen LogP contribution in [0.3, 0.4) is 0 Å². The van der Waals surface area contributed by atoms with Gasteiger partial charge in [-0.2, -0.15) is 0 Å². The van der Waals surface area contributed by atoms with Gasteiger partial charge in [-0.05, 0) is 25.7 Å². The molecule has 0 amide bonds. The first-order chi connectivity index (χ1) is 7.80. The zero-order valence-electron chi connectivity index (χ0n) is 10.2. The summed E-state index contributed by atoms with van der Waals surface area (Å²) in [4.78, 5) is 10.6. The van der Waals surface area contributed by atoms with E-state index in [9.17, 15) is 13.2 Å². The monoisotopic (exact) mass is 264 g/mol. The third-order valence-corrected chi connectivity index (χ3v) is 4.30. The molecule has 1 heterocycles. The van der Waals surface area contributed by atoms with E-state index in [1.807, 2.05) is 0 Å². The van der Waals surface area contributed by atoms with Crippen LogP contribution in [0.4, 0.5) is 0 Å². The van der Waals surface area contributed by atoms with Crippen LogP contribution in [0.15, 0.2) is 0 Å². The highest BCUT2D eigenvalue weighted by atomic mass is 32.2. The van der Waals surface area contributed by atoms with Crippen LogP contribution in [0, 0.1) is 5.92 Å². The molecule has 0 aromatic rings. The number of piperidine rings is 1. The lowest BCUT2D eigenvalue weighted by atomic mass is 9.99. The van der Waals surface area contributed by atoms with Crippen molar-refractivity contribution >= 4 is 16.0 Å². The van der Waals surface area contributed by atoms with Crippen molar-refractivity contribution < 1.29 is 18.3 Å². The topological polar surface area (TPSA) is 86.7 Å². The summed E-state index contributed by atoms with van der Waals surface area (Å²) < 4.78 is 24.2. The number of aliphatic carboxylic acids is 1. The average Bonchev–Trinajstić information content (AvgIpc) is 2.25. The van der Waals surface area contributed by atoms with Gasteiger partial charge >= 0.3 is 5.97 Å². The lowest BCUT2D eigenvalue weighted by Gasteiger charge is -2.31. The standard InChI is InChI=1S/C10H20N2O4S/c1-8(10(13)14)11-6-9-4-3-5-12(7-9)17(2,15)16/h8-9,11H,3-7H2,1-2H3,(H,13,14)/t8-,9?/m1/s1. The Morgan fingerprint density at radius 1 is 1.59 bits per heavy atom. The van der Waals surface area contributed by atoms with Gasteiger partial charge in [0, 0.05) is 19.6 Å². The Bertz CT molecular complexity index is 369.